The Morgan fingerprint density at radius 2 is 1.74 bits per heavy atom. The number of ether oxygens (including phenoxy) is 1. The highest BCUT2D eigenvalue weighted by Gasteiger charge is 2.25. The predicted octanol–water partition coefficient (Wildman–Crippen LogP) is 4.04. The Hall–Kier alpha value is -2.24. The summed E-state index contributed by atoms with van der Waals surface area (Å²) in [5, 5.41) is 3.81. The second kappa shape index (κ2) is 8.63. The van der Waals surface area contributed by atoms with Crippen molar-refractivity contribution in [1.29, 1.82) is 0 Å². The molecule has 1 saturated heterocycles. The first kappa shape index (κ1) is 19.5. The third kappa shape index (κ3) is 4.73. The molecule has 1 aliphatic rings. The molecule has 0 aromatic heterocycles. The smallest absolute Gasteiger partial charge is 0.253 e. The van der Waals surface area contributed by atoms with Gasteiger partial charge in [0.2, 0.25) is 0 Å². The Bertz CT molecular complexity index is 832. The normalized spacial score (nSPS) is 14.7. The second-order valence-corrected chi connectivity index (χ2v) is 7.24. The van der Waals surface area contributed by atoms with E-state index in [1.165, 1.54) is 0 Å². The van der Waals surface area contributed by atoms with Crippen molar-refractivity contribution in [3.63, 3.8) is 0 Å². The molecule has 0 spiro atoms. The molecule has 142 valence electrons. The average molecular weight is 407 g/mol. The number of hydrogen-bond donors (Lipinski definition) is 1. The van der Waals surface area contributed by atoms with Crippen molar-refractivity contribution in [1.82, 2.24) is 10.2 Å². The van der Waals surface area contributed by atoms with Crippen molar-refractivity contribution in [2.24, 2.45) is 0 Å². The first-order chi connectivity index (χ1) is 13.0. The van der Waals surface area contributed by atoms with Crippen LogP contribution in [0.15, 0.2) is 42.5 Å². The molecule has 1 aliphatic heterocycles. The molecule has 2 aromatic carbocycles. The van der Waals surface area contributed by atoms with E-state index in [0.29, 0.717) is 52.9 Å². The highest BCUT2D eigenvalue weighted by atomic mass is 35.5. The third-order valence-corrected chi connectivity index (χ3v) is 5.19. The second-order valence-electron chi connectivity index (χ2n) is 6.39. The lowest BCUT2D eigenvalue weighted by Crippen LogP contribution is -2.46. The van der Waals surface area contributed by atoms with Gasteiger partial charge in [0, 0.05) is 29.7 Å². The number of nitrogens with one attached hydrogen (secondary N) is 1. The van der Waals surface area contributed by atoms with Crippen molar-refractivity contribution in [3.8, 4) is 5.75 Å². The van der Waals surface area contributed by atoms with Gasteiger partial charge in [-0.05, 0) is 55.3 Å². The lowest BCUT2D eigenvalue weighted by molar-refractivity contribution is 0.0698. The van der Waals surface area contributed by atoms with E-state index in [4.69, 9.17) is 27.9 Å². The van der Waals surface area contributed by atoms with Crippen LogP contribution >= 0.6 is 23.2 Å². The van der Waals surface area contributed by atoms with E-state index in [1.807, 2.05) is 0 Å². The summed E-state index contributed by atoms with van der Waals surface area (Å²) in [4.78, 5) is 26.8. The maximum Gasteiger partial charge on any atom is 0.253 e. The molecule has 0 aliphatic carbocycles. The number of amides is 2. The van der Waals surface area contributed by atoms with Gasteiger partial charge in [0.15, 0.2) is 0 Å². The molecule has 0 bridgehead atoms. The van der Waals surface area contributed by atoms with E-state index in [2.05, 4.69) is 5.32 Å². The molecule has 1 heterocycles. The van der Waals surface area contributed by atoms with E-state index in [0.717, 1.165) is 0 Å². The summed E-state index contributed by atoms with van der Waals surface area (Å²) in [5.41, 5.74) is 0.991. The van der Waals surface area contributed by atoms with E-state index in [1.54, 1.807) is 54.5 Å². The zero-order valence-electron chi connectivity index (χ0n) is 14.9. The van der Waals surface area contributed by atoms with Crippen LogP contribution in [0.1, 0.15) is 33.6 Å². The summed E-state index contributed by atoms with van der Waals surface area (Å²) in [6, 6.07) is 11.9. The number of nitrogens with zero attached hydrogens (tertiary/aromatic N) is 1. The van der Waals surface area contributed by atoms with Crippen LogP contribution in [0.4, 0.5) is 0 Å². The summed E-state index contributed by atoms with van der Waals surface area (Å²) >= 11 is 12.0. The van der Waals surface area contributed by atoms with Gasteiger partial charge >= 0.3 is 0 Å². The fraction of sp³-hybridized carbons (Fsp3) is 0.300. The number of halogens is 2. The Morgan fingerprint density at radius 1 is 1.07 bits per heavy atom. The highest BCUT2D eigenvalue weighted by molar-refractivity contribution is 6.35. The third-order valence-electron chi connectivity index (χ3n) is 4.63. The van der Waals surface area contributed by atoms with Gasteiger partial charge in [-0.25, -0.2) is 0 Å². The standard InChI is InChI=1S/C20H20Cl2N2O3/c1-27-16-5-2-13(3-6-16)20(26)24-10-8-15(9-11-24)23-19(25)17-12-14(21)4-7-18(17)22/h2-7,12,15H,8-11H2,1H3,(H,23,25). The number of rotatable bonds is 4. The molecule has 1 N–H and O–H groups in total. The van der Waals surface area contributed by atoms with E-state index in [9.17, 15) is 9.59 Å². The van der Waals surface area contributed by atoms with E-state index >= 15 is 0 Å². The van der Waals surface area contributed by atoms with Crippen LogP contribution in [0.3, 0.4) is 0 Å². The van der Waals surface area contributed by atoms with Crippen LogP contribution in [0.25, 0.3) is 0 Å². The maximum atomic E-state index is 12.6. The summed E-state index contributed by atoms with van der Waals surface area (Å²) in [5.74, 6) is 0.454. The van der Waals surface area contributed by atoms with E-state index in [-0.39, 0.29) is 17.9 Å². The Balaban J connectivity index is 1.56. The van der Waals surface area contributed by atoms with Crippen LogP contribution in [0, 0.1) is 0 Å². The molecule has 3 rings (SSSR count). The molecular formula is C20H20Cl2N2O3. The molecule has 0 radical (unpaired) electrons. The summed E-state index contributed by atoms with van der Waals surface area (Å²) in [7, 11) is 1.59. The number of benzene rings is 2. The van der Waals surface area contributed by atoms with Crippen LogP contribution in [-0.4, -0.2) is 43.0 Å². The first-order valence-electron chi connectivity index (χ1n) is 8.67. The van der Waals surface area contributed by atoms with Gasteiger partial charge in [-0.3, -0.25) is 9.59 Å². The van der Waals surface area contributed by atoms with Gasteiger partial charge < -0.3 is 15.0 Å². The fourth-order valence-corrected chi connectivity index (χ4v) is 3.45. The minimum Gasteiger partial charge on any atom is -0.497 e. The lowest BCUT2D eigenvalue weighted by atomic mass is 10.0. The number of carbonyl (C=O) groups is 2. The minimum atomic E-state index is -0.248. The van der Waals surface area contributed by atoms with Gasteiger partial charge in [-0.2, -0.15) is 0 Å². The van der Waals surface area contributed by atoms with Gasteiger partial charge in [-0.15, -0.1) is 0 Å². The quantitative estimate of drug-likeness (QED) is 0.833. The summed E-state index contributed by atoms with van der Waals surface area (Å²) < 4.78 is 5.11. The predicted molar refractivity (Wildman–Crippen MR) is 106 cm³/mol. The minimum absolute atomic E-state index is 0.00698. The summed E-state index contributed by atoms with van der Waals surface area (Å²) in [6.07, 6.45) is 1.37. The van der Waals surface area contributed by atoms with Crippen LogP contribution in [0.5, 0.6) is 5.75 Å². The van der Waals surface area contributed by atoms with Gasteiger partial charge in [-0.1, -0.05) is 23.2 Å². The first-order valence-corrected chi connectivity index (χ1v) is 9.43. The molecule has 0 unspecified atom stereocenters. The number of likely N-dealkylation sites (tertiary alicyclic amines) is 1. The van der Waals surface area contributed by atoms with Crippen molar-refractivity contribution in [3.05, 3.63) is 63.6 Å². The topological polar surface area (TPSA) is 58.6 Å². The Kier molecular flexibility index (Phi) is 6.24. The SMILES string of the molecule is COc1ccc(C(=O)N2CCC(NC(=O)c3cc(Cl)ccc3Cl)CC2)cc1. The molecule has 0 atom stereocenters. The Morgan fingerprint density at radius 3 is 2.37 bits per heavy atom. The molecule has 27 heavy (non-hydrogen) atoms. The molecule has 2 amide bonds. The fourth-order valence-electron chi connectivity index (χ4n) is 3.08. The molecule has 1 fully saturated rings. The van der Waals surface area contributed by atoms with Crippen LogP contribution in [0.2, 0.25) is 10.0 Å². The van der Waals surface area contributed by atoms with Crippen LogP contribution in [-0.2, 0) is 0 Å². The number of hydrogen-bond acceptors (Lipinski definition) is 3. The zero-order valence-corrected chi connectivity index (χ0v) is 16.4. The zero-order chi connectivity index (χ0) is 19.4. The Labute approximate surface area is 168 Å². The lowest BCUT2D eigenvalue weighted by Gasteiger charge is -2.32. The maximum absolute atomic E-state index is 12.6. The number of carbonyl (C=O) groups excluding carboxylic acids is 2. The largest absolute Gasteiger partial charge is 0.497 e. The van der Waals surface area contributed by atoms with E-state index < -0.39 is 0 Å². The van der Waals surface area contributed by atoms with Crippen molar-refractivity contribution in [2.75, 3.05) is 20.2 Å². The molecule has 2 aromatic rings. The van der Waals surface area contributed by atoms with Crippen molar-refractivity contribution < 1.29 is 14.3 Å². The van der Waals surface area contributed by atoms with Crippen molar-refractivity contribution >= 4 is 35.0 Å². The number of piperidine rings is 1. The molecular weight excluding hydrogens is 387 g/mol. The van der Waals surface area contributed by atoms with Gasteiger partial charge in [0.1, 0.15) is 5.75 Å². The highest BCUT2D eigenvalue weighted by Crippen LogP contribution is 2.22. The molecule has 7 heteroatoms. The van der Waals surface area contributed by atoms with Gasteiger partial charge in [0.25, 0.3) is 11.8 Å². The molecule has 0 saturated carbocycles. The van der Waals surface area contributed by atoms with Crippen LogP contribution < -0.4 is 10.1 Å². The summed E-state index contributed by atoms with van der Waals surface area (Å²) in [6.45, 7) is 1.16. The molecule has 5 nitrogen and oxygen atoms in total. The monoisotopic (exact) mass is 406 g/mol. The number of methoxy groups -OCH3 is 1. The van der Waals surface area contributed by atoms with Gasteiger partial charge in [0.05, 0.1) is 17.7 Å². The van der Waals surface area contributed by atoms with Crippen molar-refractivity contribution in [2.45, 2.75) is 18.9 Å². The average Bonchev–Trinajstić information content (AvgIpc) is 2.70.